The Morgan fingerprint density at radius 3 is 2.29 bits per heavy atom. The summed E-state index contributed by atoms with van der Waals surface area (Å²) in [5, 5.41) is 10.3. The van der Waals surface area contributed by atoms with Gasteiger partial charge in [-0.3, -0.25) is 4.72 Å². The molecule has 1 aromatic carbocycles. The number of hydrogen-bond acceptors (Lipinski definition) is 4. The van der Waals surface area contributed by atoms with Crippen molar-refractivity contribution in [2.75, 3.05) is 4.72 Å². The van der Waals surface area contributed by atoms with Gasteiger partial charge in [-0.15, -0.1) is 11.3 Å². The van der Waals surface area contributed by atoms with Crippen molar-refractivity contribution in [3.05, 3.63) is 43.7 Å². The van der Waals surface area contributed by atoms with E-state index >= 15 is 0 Å². The topological polar surface area (TPSA) is 83.5 Å². The van der Waals surface area contributed by atoms with Crippen molar-refractivity contribution in [1.29, 1.82) is 0 Å². The summed E-state index contributed by atoms with van der Waals surface area (Å²) in [6, 6.07) is 4.04. The first-order valence-electron chi connectivity index (χ1n) is 5.20. The van der Waals surface area contributed by atoms with E-state index in [2.05, 4.69) is 20.7 Å². The second-order valence-electron chi connectivity index (χ2n) is 3.81. The highest BCUT2D eigenvalue weighted by atomic mass is 79.9. The molecule has 5 nitrogen and oxygen atoms in total. The number of hydrogen-bond donors (Lipinski definition) is 2. The fraction of sp³-hybridized carbons (Fsp3) is 0. The molecule has 0 spiro atoms. The molecule has 2 N–H and O–H groups in total. The van der Waals surface area contributed by atoms with Crippen LogP contribution >= 0.6 is 50.5 Å². The zero-order chi connectivity index (χ0) is 15.8. The fourth-order valence-corrected chi connectivity index (χ4v) is 5.06. The van der Waals surface area contributed by atoms with E-state index in [1.165, 1.54) is 17.5 Å². The van der Waals surface area contributed by atoms with Gasteiger partial charge in [0.15, 0.2) is 0 Å². The molecule has 0 bridgehead atoms. The van der Waals surface area contributed by atoms with Gasteiger partial charge in [-0.2, -0.15) is 0 Å². The highest BCUT2D eigenvalue weighted by Crippen LogP contribution is 2.35. The monoisotopic (exact) mass is 429 g/mol. The number of nitrogens with one attached hydrogen (secondary N) is 1. The SMILES string of the molecule is O=C(O)c1csc(S(=O)(=O)Nc2c(Cl)cc(Br)cc2Cl)c1. The lowest BCUT2D eigenvalue weighted by Crippen LogP contribution is -2.12. The largest absolute Gasteiger partial charge is 0.478 e. The van der Waals surface area contributed by atoms with E-state index in [0.29, 0.717) is 4.47 Å². The molecule has 21 heavy (non-hydrogen) atoms. The molecule has 0 saturated heterocycles. The minimum absolute atomic E-state index is 0.0341. The Balaban J connectivity index is 2.40. The van der Waals surface area contributed by atoms with E-state index in [1.54, 1.807) is 0 Å². The number of halogens is 3. The summed E-state index contributed by atoms with van der Waals surface area (Å²) < 4.78 is 27.1. The third-order valence-electron chi connectivity index (χ3n) is 2.33. The Morgan fingerprint density at radius 1 is 1.24 bits per heavy atom. The lowest BCUT2D eigenvalue weighted by atomic mass is 10.3. The Bertz CT molecular complexity index is 796. The fourth-order valence-electron chi connectivity index (χ4n) is 1.39. The van der Waals surface area contributed by atoms with Crippen molar-refractivity contribution in [3.63, 3.8) is 0 Å². The van der Waals surface area contributed by atoms with Crippen LogP contribution < -0.4 is 4.72 Å². The molecule has 0 aliphatic heterocycles. The molecule has 0 unspecified atom stereocenters. The Hall–Kier alpha value is -0.800. The maximum atomic E-state index is 12.2. The summed E-state index contributed by atoms with van der Waals surface area (Å²) in [5.74, 6) is -1.20. The van der Waals surface area contributed by atoms with Crippen LogP contribution in [0.5, 0.6) is 0 Å². The Kier molecular flexibility index (Phi) is 4.84. The van der Waals surface area contributed by atoms with E-state index in [0.717, 1.165) is 17.4 Å². The van der Waals surface area contributed by atoms with Crippen molar-refractivity contribution < 1.29 is 18.3 Å². The van der Waals surface area contributed by atoms with E-state index in [-0.39, 0.29) is 25.5 Å². The molecule has 112 valence electrons. The van der Waals surface area contributed by atoms with Crippen molar-refractivity contribution in [1.82, 2.24) is 0 Å². The van der Waals surface area contributed by atoms with Gasteiger partial charge in [0.25, 0.3) is 10.0 Å². The van der Waals surface area contributed by atoms with Crippen LogP contribution in [0.25, 0.3) is 0 Å². The number of carbonyl (C=O) groups is 1. The van der Waals surface area contributed by atoms with Gasteiger partial charge in [0.05, 0.1) is 21.3 Å². The number of carboxylic acids is 1. The predicted octanol–water partition coefficient (Wildman–Crippen LogP) is 4.32. The second-order valence-corrected chi connectivity index (χ2v) is 8.36. The van der Waals surface area contributed by atoms with Crippen LogP contribution in [-0.4, -0.2) is 19.5 Å². The average molecular weight is 431 g/mol. The van der Waals surface area contributed by atoms with E-state index < -0.39 is 16.0 Å². The lowest BCUT2D eigenvalue weighted by molar-refractivity contribution is 0.0697. The maximum Gasteiger partial charge on any atom is 0.336 e. The van der Waals surface area contributed by atoms with Gasteiger partial charge in [-0.05, 0) is 18.2 Å². The van der Waals surface area contributed by atoms with Gasteiger partial charge in [0, 0.05) is 9.85 Å². The van der Waals surface area contributed by atoms with Gasteiger partial charge < -0.3 is 5.11 Å². The molecule has 0 saturated carbocycles. The normalized spacial score (nSPS) is 11.4. The number of benzene rings is 1. The molecule has 0 fully saturated rings. The Labute approximate surface area is 142 Å². The first kappa shape index (κ1) is 16.6. The molecule has 0 aliphatic rings. The summed E-state index contributed by atoms with van der Waals surface area (Å²) >= 11 is 15.9. The number of thiophene rings is 1. The standard InChI is InChI=1S/C11H6BrCl2NO4S2/c12-6-2-7(13)10(8(14)3-6)15-21(18,19)9-1-5(4-20-9)11(16)17/h1-4,15H,(H,16,17). The van der Waals surface area contributed by atoms with Crippen LogP contribution in [0.3, 0.4) is 0 Å². The third-order valence-corrected chi connectivity index (χ3v) is 6.17. The molecule has 1 heterocycles. The number of sulfonamides is 1. The summed E-state index contributed by atoms with van der Waals surface area (Å²) in [5.41, 5.74) is -0.0693. The minimum Gasteiger partial charge on any atom is -0.478 e. The quantitative estimate of drug-likeness (QED) is 0.756. The zero-order valence-corrected chi connectivity index (χ0v) is 14.7. The Morgan fingerprint density at radius 2 is 1.81 bits per heavy atom. The second kappa shape index (κ2) is 6.13. The molecular weight excluding hydrogens is 425 g/mol. The molecule has 0 atom stereocenters. The van der Waals surface area contributed by atoms with E-state index in [9.17, 15) is 13.2 Å². The highest BCUT2D eigenvalue weighted by molar-refractivity contribution is 9.10. The summed E-state index contributed by atoms with van der Waals surface area (Å²) in [6.45, 7) is 0. The maximum absolute atomic E-state index is 12.2. The first-order valence-corrected chi connectivity index (χ1v) is 9.11. The molecule has 0 radical (unpaired) electrons. The highest BCUT2D eigenvalue weighted by Gasteiger charge is 2.21. The van der Waals surface area contributed by atoms with Gasteiger partial charge in [0.1, 0.15) is 4.21 Å². The molecule has 2 rings (SSSR count). The third kappa shape index (κ3) is 3.70. The minimum atomic E-state index is -3.96. The van der Waals surface area contributed by atoms with Crippen molar-refractivity contribution in [2.45, 2.75) is 4.21 Å². The predicted molar refractivity (Wildman–Crippen MR) is 86.2 cm³/mol. The van der Waals surface area contributed by atoms with Crippen LogP contribution in [0.2, 0.25) is 10.0 Å². The van der Waals surface area contributed by atoms with Gasteiger partial charge in [-0.25, -0.2) is 13.2 Å². The van der Waals surface area contributed by atoms with E-state index in [1.807, 2.05) is 0 Å². The molecular formula is C11H6BrCl2NO4S2. The number of carboxylic acid groups (broad SMARTS) is 1. The van der Waals surface area contributed by atoms with Crippen LogP contribution in [0, 0.1) is 0 Å². The summed E-state index contributed by atoms with van der Waals surface area (Å²) in [7, 11) is -3.96. The van der Waals surface area contributed by atoms with Gasteiger partial charge in [-0.1, -0.05) is 39.1 Å². The van der Waals surface area contributed by atoms with Crippen LogP contribution in [0.15, 0.2) is 32.3 Å². The van der Waals surface area contributed by atoms with Gasteiger partial charge >= 0.3 is 5.97 Å². The van der Waals surface area contributed by atoms with Gasteiger partial charge in [0.2, 0.25) is 0 Å². The molecule has 2 aromatic rings. The summed E-state index contributed by atoms with van der Waals surface area (Å²) in [4.78, 5) is 10.8. The number of rotatable bonds is 4. The molecule has 0 amide bonds. The molecule has 1 aromatic heterocycles. The first-order chi connectivity index (χ1) is 9.70. The summed E-state index contributed by atoms with van der Waals surface area (Å²) in [6.07, 6.45) is 0. The van der Waals surface area contributed by atoms with Crippen molar-refractivity contribution >= 4 is 72.1 Å². The van der Waals surface area contributed by atoms with Crippen molar-refractivity contribution in [3.8, 4) is 0 Å². The van der Waals surface area contributed by atoms with Crippen molar-refractivity contribution in [2.24, 2.45) is 0 Å². The average Bonchev–Trinajstić information content (AvgIpc) is 2.84. The van der Waals surface area contributed by atoms with Crippen LogP contribution in [0.1, 0.15) is 10.4 Å². The number of anilines is 1. The smallest absolute Gasteiger partial charge is 0.336 e. The van der Waals surface area contributed by atoms with Crippen LogP contribution in [0.4, 0.5) is 5.69 Å². The number of aromatic carboxylic acids is 1. The van der Waals surface area contributed by atoms with E-state index in [4.69, 9.17) is 28.3 Å². The zero-order valence-electron chi connectivity index (χ0n) is 9.93. The molecule has 10 heteroatoms. The van der Waals surface area contributed by atoms with Crippen LogP contribution in [-0.2, 0) is 10.0 Å². The molecule has 0 aliphatic carbocycles. The lowest BCUT2D eigenvalue weighted by Gasteiger charge is -2.10.